The summed E-state index contributed by atoms with van der Waals surface area (Å²) in [6.45, 7) is 8.52. The van der Waals surface area contributed by atoms with Gasteiger partial charge in [-0.15, -0.1) is 0 Å². The predicted octanol–water partition coefficient (Wildman–Crippen LogP) is 14.6. The molecule has 10 rings (SSSR count). The van der Waals surface area contributed by atoms with Crippen molar-refractivity contribution in [2.75, 3.05) is 65.5 Å². The highest BCUT2D eigenvalue weighted by molar-refractivity contribution is 6.13. The third-order valence-electron chi connectivity index (χ3n) is 16.0. The van der Waals surface area contributed by atoms with Gasteiger partial charge in [0.25, 0.3) is 0 Å². The largest absolute Gasteiger partial charge is 0.418 e. The Morgan fingerprint density at radius 2 is 0.989 bits per heavy atom. The molecule has 0 radical (unpaired) electrons. The number of halogens is 9. The topological polar surface area (TPSA) is 298 Å². The van der Waals surface area contributed by atoms with Crippen LogP contribution in [0.2, 0.25) is 0 Å². The lowest BCUT2D eigenvalue weighted by Gasteiger charge is -2.41. The first-order valence-electron chi connectivity index (χ1n) is 30.1. The summed E-state index contributed by atoms with van der Waals surface area (Å²) in [7, 11) is 0. The van der Waals surface area contributed by atoms with Crippen molar-refractivity contribution in [3.63, 3.8) is 0 Å². The van der Waals surface area contributed by atoms with E-state index in [1.807, 2.05) is 72.5 Å². The SMILES string of the molecule is CC(C)[C@H]1CN(c2ccc(C(F)(F)F)c(C(=O)c3cccnc3N)n2)C[C@H](c2ccccc2)N1.CC(N)(CNc1ccc(C(F)(F)F)c(C(=O)c2cccnc2N)n1)Cc1ccccc1.NCC1CCC(CNc2ccc(C(F)(F)F)c(C(=O)c3cccnc3N)n2)CC1.[HH].[HH].[HH].[HH].[HH].[HH].[HH].[HH].[HH].[HH].[HH].[HH]. The van der Waals surface area contributed by atoms with Crippen molar-refractivity contribution in [1.29, 1.82) is 0 Å². The molecule has 1 unspecified atom stereocenters. The monoisotopic (exact) mass is 1330 g/mol. The van der Waals surface area contributed by atoms with E-state index in [1.54, 1.807) is 0 Å². The third-order valence-corrected chi connectivity index (χ3v) is 16.0. The number of alkyl halides is 9. The number of rotatable bonds is 18. The fourth-order valence-electron chi connectivity index (χ4n) is 10.9. The van der Waals surface area contributed by atoms with Crippen molar-refractivity contribution in [3.05, 3.63) is 214 Å². The first-order valence-corrected chi connectivity index (χ1v) is 30.1. The number of carbonyl (C=O) groups excluding carboxylic acids is 3. The van der Waals surface area contributed by atoms with Gasteiger partial charge in [0.2, 0.25) is 17.3 Å². The zero-order valence-electron chi connectivity index (χ0n) is 51.5. The van der Waals surface area contributed by atoms with Gasteiger partial charge < -0.3 is 49.5 Å². The second kappa shape index (κ2) is 30.4. The van der Waals surface area contributed by atoms with Gasteiger partial charge in [-0.1, -0.05) is 74.5 Å². The summed E-state index contributed by atoms with van der Waals surface area (Å²) in [5, 5.41) is 9.66. The van der Waals surface area contributed by atoms with Crippen molar-refractivity contribution in [1.82, 2.24) is 35.2 Å². The zero-order valence-corrected chi connectivity index (χ0v) is 51.5. The van der Waals surface area contributed by atoms with E-state index in [0.717, 1.165) is 55.0 Å². The Bertz CT molecular complexity index is 3940. The Morgan fingerprint density at radius 1 is 0.564 bits per heavy atom. The molecule has 1 saturated heterocycles. The molecule has 6 aromatic heterocycles. The van der Waals surface area contributed by atoms with Crippen LogP contribution >= 0.6 is 0 Å². The molecule has 1 aliphatic carbocycles. The molecule has 94 heavy (non-hydrogen) atoms. The van der Waals surface area contributed by atoms with Gasteiger partial charge in [0.15, 0.2) is 0 Å². The fourth-order valence-corrected chi connectivity index (χ4v) is 10.9. The van der Waals surface area contributed by atoms with Crippen molar-refractivity contribution in [2.45, 2.75) is 89.0 Å². The normalized spacial score (nSPS) is 17.3. The molecule has 2 aromatic carbocycles. The van der Waals surface area contributed by atoms with Gasteiger partial charge in [-0.2, -0.15) is 39.5 Å². The number of nitrogens with two attached hydrogens (primary N) is 5. The summed E-state index contributed by atoms with van der Waals surface area (Å²) < 4.78 is 122. The number of carbonyl (C=O) groups is 3. The minimum atomic E-state index is -4.76. The van der Waals surface area contributed by atoms with Gasteiger partial charge in [0.1, 0.15) is 52.0 Å². The van der Waals surface area contributed by atoms with Gasteiger partial charge in [-0.25, -0.2) is 29.9 Å². The molecule has 18 nitrogen and oxygen atoms in total. The molecule has 3 atom stereocenters. The molecule has 2 aliphatic rings. The maximum atomic E-state index is 13.8. The number of nitrogens with one attached hydrogen (secondary N) is 3. The molecule has 0 amide bonds. The Labute approximate surface area is 554 Å². The highest BCUT2D eigenvalue weighted by atomic mass is 19.4. The second-order valence-corrected chi connectivity index (χ2v) is 23.6. The highest BCUT2D eigenvalue weighted by Gasteiger charge is 2.41. The van der Waals surface area contributed by atoms with Crippen molar-refractivity contribution >= 4 is 52.3 Å². The van der Waals surface area contributed by atoms with Gasteiger partial charge in [0.05, 0.1) is 39.4 Å². The first-order chi connectivity index (χ1) is 44.5. The number of piperazine rings is 1. The summed E-state index contributed by atoms with van der Waals surface area (Å²) in [5.41, 5.74) is 24.7. The molecule has 7 heterocycles. The van der Waals surface area contributed by atoms with Crippen LogP contribution in [-0.4, -0.2) is 91.6 Å². The third kappa shape index (κ3) is 18.4. The average Bonchev–Trinajstić information content (AvgIpc) is 0.778. The molecule has 1 aliphatic heterocycles. The van der Waals surface area contributed by atoms with Crippen molar-refractivity contribution in [3.8, 4) is 0 Å². The quantitative estimate of drug-likeness (QED) is 0.0292. The van der Waals surface area contributed by atoms with E-state index in [9.17, 15) is 53.9 Å². The number of anilines is 6. The van der Waals surface area contributed by atoms with Crippen LogP contribution in [0.25, 0.3) is 0 Å². The molecule has 1 saturated carbocycles. The van der Waals surface area contributed by atoms with Crippen LogP contribution in [0, 0.1) is 17.8 Å². The summed E-state index contributed by atoms with van der Waals surface area (Å²) in [6.07, 6.45) is -5.49. The van der Waals surface area contributed by atoms with Crippen molar-refractivity contribution in [2.24, 2.45) is 29.2 Å². The summed E-state index contributed by atoms with van der Waals surface area (Å²) >= 11 is 0. The molecule has 2 fully saturated rings. The number of ketones is 3. The van der Waals surface area contributed by atoms with E-state index < -0.39 is 75.2 Å². The van der Waals surface area contributed by atoms with Crippen LogP contribution in [0.5, 0.6) is 0 Å². The van der Waals surface area contributed by atoms with Gasteiger partial charge in [-0.3, -0.25) is 14.4 Å². The van der Waals surface area contributed by atoms with E-state index in [2.05, 4.69) is 59.7 Å². The first kappa shape index (κ1) is 70.3. The molecule has 27 heteroatoms. The molecule has 0 spiro atoms. The van der Waals surface area contributed by atoms with Gasteiger partial charge in [-0.05, 0) is 147 Å². The number of nitrogen functional groups attached to an aromatic ring is 3. The van der Waals surface area contributed by atoms with Crippen molar-refractivity contribution < 1.29 is 71.0 Å². The number of hydrogen-bond donors (Lipinski definition) is 8. The minimum absolute atomic E-state index is 0. The Balaban J connectivity index is -0.000000457. The van der Waals surface area contributed by atoms with Gasteiger partial charge >= 0.3 is 18.5 Å². The minimum Gasteiger partial charge on any atom is -0.383 e. The molecular formula is C67H96F9N15O3. The molecule has 13 N–H and O–H groups in total. The number of aromatic nitrogens is 6. The van der Waals surface area contributed by atoms with E-state index in [-0.39, 0.29) is 87.4 Å². The summed E-state index contributed by atoms with van der Waals surface area (Å²) in [4.78, 5) is 64.1. The number of pyridine rings is 6. The Morgan fingerprint density at radius 3 is 1.43 bits per heavy atom. The van der Waals surface area contributed by atoms with Gasteiger partial charge in [0, 0.05) is 73.5 Å². The Hall–Kier alpha value is -9.60. The van der Waals surface area contributed by atoms with E-state index >= 15 is 0 Å². The predicted molar refractivity (Wildman–Crippen MR) is 367 cm³/mol. The second-order valence-electron chi connectivity index (χ2n) is 23.6. The van der Waals surface area contributed by atoms with Crippen LogP contribution in [0.4, 0.5) is 74.4 Å². The molecule has 8 aromatic rings. The maximum Gasteiger partial charge on any atom is 0.418 e. The van der Waals surface area contributed by atoms with Crippen LogP contribution in [0.15, 0.2) is 152 Å². The lowest BCUT2D eigenvalue weighted by molar-refractivity contribution is -0.138. The molecular weight excluding hydrogens is 1230 g/mol. The van der Waals surface area contributed by atoms with Crippen LogP contribution in [-0.2, 0) is 24.9 Å². The van der Waals surface area contributed by atoms with E-state index in [1.165, 1.54) is 73.2 Å². The number of nitrogens with zero attached hydrogens (tertiary/aromatic N) is 7. The van der Waals surface area contributed by atoms with Crippen LogP contribution < -0.4 is 49.5 Å². The maximum absolute atomic E-state index is 13.8. The molecule has 0 bridgehead atoms. The number of hydrogen-bond acceptors (Lipinski definition) is 18. The lowest BCUT2D eigenvalue weighted by Crippen LogP contribution is -2.54. The van der Waals surface area contributed by atoms with E-state index in [4.69, 9.17) is 28.7 Å². The van der Waals surface area contributed by atoms with Crippen LogP contribution in [0.3, 0.4) is 0 Å². The molecule has 520 valence electrons. The zero-order chi connectivity index (χ0) is 68.1. The van der Waals surface area contributed by atoms with E-state index in [0.29, 0.717) is 50.3 Å². The average molecular weight is 1330 g/mol. The van der Waals surface area contributed by atoms with Crippen LogP contribution in [0.1, 0.15) is 146 Å². The lowest BCUT2D eigenvalue weighted by atomic mass is 9.82. The Kier molecular flexibility index (Phi) is 22.8. The standard InChI is InChI=1S/C25H26F3N5O.C22H22F3N5O.C20H24F3N5O.12H2/c1-15(2)19-13-33(14-20(31-19)16-7-4-3-5-8-16)21-11-10-18(25(26,27)28)22(32-21)23(34)17-9-6-12-30-24(17)29;1-21(27,12-14-6-3-2-4-7-14)13-29-17-10-9-16(22(23,24)25)18(30-17)19(31)15-8-5-11-28-20(15)26;21-20(22,23)15-7-8-16(27-11-13-5-3-12(10-24)4-6-13)28-17(15)18(29)14-2-1-9-26-19(14)25;;;;;;;;;;;;/h3-12,15,19-20,31H,13-14H2,1-2H3,(H2,29,30);2-11H,12-13,27H2,1H3,(H2,26,28)(H,29,30);1-2,7-9,12-13H,3-6,10-11,24H2,(H2,25,26)(H,27,28);12*1H/t19-,20-;;;;;;;;;;;;;;/m1............../s1. The summed E-state index contributed by atoms with van der Waals surface area (Å²) in [5.74, 6) is -1.36. The fraction of sp³-hybridized carbons (Fsp3) is 0.328. The highest BCUT2D eigenvalue weighted by Crippen LogP contribution is 2.38. The number of benzene rings is 2. The summed E-state index contributed by atoms with van der Waals surface area (Å²) in [6, 6.07) is 34.2. The smallest absolute Gasteiger partial charge is 0.383 e.